The third-order valence-corrected chi connectivity index (χ3v) is 2.82. The number of thioether (sulfide) groups is 1. The summed E-state index contributed by atoms with van der Waals surface area (Å²) >= 11 is 2.05. The Morgan fingerprint density at radius 1 is 1.17 bits per heavy atom. The molecule has 0 amide bonds. The molecule has 0 fully saturated rings. The van der Waals surface area contributed by atoms with Crippen molar-refractivity contribution in [3.05, 3.63) is 0 Å². The summed E-state index contributed by atoms with van der Waals surface area (Å²) in [6, 6.07) is 0. The molecule has 0 bridgehead atoms. The summed E-state index contributed by atoms with van der Waals surface area (Å²) in [5.41, 5.74) is 0. The minimum absolute atomic E-state index is 0.435. The molecule has 0 aliphatic carbocycles. The van der Waals surface area contributed by atoms with E-state index >= 15 is 0 Å². The minimum atomic E-state index is 0.435. The van der Waals surface area contributed by atoms with E-state index in [1.807, 2.05) is 0 Å². The fourth-order valence-electron chi connectivity index (χ4n) is 0.877. The van der Waals surface area contributed by atoms with E-state index in [1.54, 1.807) is 0 Å². The maximum Gasteiger partial charge on any atom is 0.00751 e. The van der Waals surface area contributed by atoms with Crippen molar-refractivity contribution in [1.82, 2.24) is 5.32 Å². The molecule has 74 valence electrons. The van der Waals surface area contributed by atoms with Gasteiger partial charge in [-0.2, -0.15) is 11.8 Å². The van der Waals surface area contributed by atoms with Gasteiger partial charge in [-0.15, -0.1) is 0 Å². The lowest BCUT2D eigenvalue weighted by atomic mass is 10.3. The van der Waals surface area contributed by atoms with Crippen LogP contribution in [-0.2, 0) is 0 Å². The van der Waals surface area contributed by atoms with Crippen molar-refractivity contribution >= 4 is 11.8 Å². The summed E-state index contributed by atoms with van der Waals surface area (Å²) in [6.07, 6.45) is 2.54. The van der Waals surface area contributed by atoms with Gasteiger partial charge in [0, 0.05) is 4.75 Å². The van der Waals surface area contributed by atoms with E-state index in [4.69, 9.17) is 0 Å². The molecule has 0 aromatic carbocycles. The van der Waals surface area contributed by atoms with Crippen LogP contribution in [0.3, 0.4) is 0 Å². The second kappa shape index (κ2) is 6.79. The molecular weight excluding hydrogens is 166 g/mol. The van der Waals surface area contributed by atoms with E-state index in [0.29, 0.717) is 4.75 Å². The van der Waals surface area contributed by atoms with Crippen LogP contribution < -0.4 is 5.32 Å². The minimum Gasteiger partial charge on any atom is -0.317 e. The van der Waals surface area contributed by atoms with Crippen LogP contribution in [0.1, 0.15) is 40.5 Å². The fraction of sp³-hybridized carbons (Fsp3) is 1.00. The van der Waals surface area contributed by atoms with Crippen LogP contribution in [0.2, 0.25) is 0 Å². The Hall–Kier alpha value is 0.310. The fourth-order valence-corrected chi connectivity index (χ4v) is 1.78. The monoisotopic (exact) mass is 189 g/mol. The third kappa shape index (κ3) is 10.3. The number of rotatable bonds is 6. The normalized spacial score (nSPS) is 12.0. The Kier molecular flexibility index (Phi) is 6.96. The summed E-state index contributed by atoms with van der Waals surface area (Å²) in [4.78, 5) is 0. The molecule has 0 unspecified atom stereocenters. The molecule has 0 saturated carbocycles. The average Bonchev–Trinajstić information content (AvgIpc) is 1.94. The van der Waals surface area contributed by atoms with Crippen molar-refractivity contribution in [1.29, 1.82) is 0 Å². The van der Waals surface area contributed by atoms with E-state index in [9.17, 15) is 0 Å². The van der Waals surface area contributed by atoms with E-state index in [2.05, 4.69) is 44.8 Å². The second-order valence-corrected chi connectivity index (χ2v) is 5.99. The van der Waals surface area contributed by atoms with Crippen LogP contribution in [0.25, 0.3) is 0 Å². The van der Waals surface area contributed by atoms with Gasteiger partial charge in [0.2, 0.25) is 0 Å². The quantitative estimate of drug-likeness (QED) is 0.645. The van der Waals surface area contributed by atoms with E-state index in [1.165, 1.54) is 31.7 Å². The highest BCUT2D eigenvalue weighted by atomic mass is 32.2. The first-order chi connectivity index (χ1) is 5.56. The Labute approximate surface area is 81.7 Å². The van der Waals surface area contributed by atoms with Crippen molar-refractivity contribution in [2.45, 2.75) is 45.3 Å². The highest BCUT2D eigenvalue weighted by molar-refractivity contribution is 8.00. The molecule has 0 radical (unpaired) electrons. The van der Waals surface area contributed by atoms with E-state index in [0.717, 1.165) is 0 Å². The van der Waals surface area contributed by atoms with E-state index in [-0.39, 0.29) is 0 Å². The molecule has 0 aliphatic heterocycles. The highest BCUT2D eigenvalue weighted by Gasteiger charge is 2.08. The lowest BCUT2D eigenvalue weighted by Crippen LogP contribution is -2.17. The van der Waals surface area contributed by atoms with Crippen molar-refractivity contribution in [3.63, 3.8) is 0 Å². The lowest BCUT2D eigenvalue weighted by molar-refractivity contribution is 0.663. The van der Waals surface area contributed by atoms with Crippen LogP contribution in [0.15, 0.2) is 0 Å². The summed E-state index contributed by atoms with van der Waals surface area (Å²) in [7, 11) is 0. The summed E-state index contributed by atoms with van der Waals surface area (Å²) in [6.45, 7) is 11.4. The number of hydrogen-bond donors (Lipinski definition) is 1. The molecular formula is C10H23NS. The van der Waals surface area contributed by atoms with Gasteiger partial charge in [-0.1, -0.05) is 27.7 Å². The molecule has 0 aromatic heterocycles. The molecule has 12 heavy (non-hydrogen) atoms. The SMILES string of the molecule is CCCNCCCSC(C)(C)C. The first kappa shape index (κ1) is 12.3. The first-order valence-corrected chi connectivity index (χ1v) is 5.89. The number of nitrogens with one attached hydrogen (secondary N) is 1. The maximum absolute atomic E-state index is 3.41. The second-order valence-electron chi connectivity index (χ2n) is 4.06. The Bertz CT molecular complexity index is 96.5. The number of hydrogen-bond acceptors (Lipinski definition) is 2. The van der Waals surface area contributed by atoms with Gasteiger partial charge in [-0.3, -0.25) is 0 Å². The molecule has 0 aliphatic rings. The Morgan fingerprint density at radius 2 is 1.83 bits per heavy atom. The van der Waals surface area contributed by atoms with Crippen molar-refractivity contribution < 1.29 is 0 Å². The predicted octanol–water partition coefficient (Wildman–Crippen LogP) is 2.91. The summed E-state index contributed by atoms with van der Waals surface area (Å²) in [5.74, 6) is 1.28. The molecule has 0 heterocycles. The molecule has 0 atom stereocenters. The van der Waals surface area contributed by atoms with Crippen molar-refractivity contribution in [3.8, 4) is 0 Å². The lowest BCUT2D eigenvalue weighted by Gasteiger charge is -2.17. The zero-order chi connectivity index (χ0) is 9.45. The van der Waals surface area contributed by atoms with Gasteiger partial charge in [0.15, 0.2) is 0 Å². The molecule has 0 rings (SSSR count). The zero-order valence-corrected chi connectivity index (χ0v) is 9.76. The summed E-state index contributed by atoms with van der Waals surface area (Å²) in [5, 5.41) is 3.41. The Morgan fingerprint density at radius 3 is 2.33 bits per heavy atom. The molecule has 0 saturated heterocycles. The molecule has 1 N–H and O–H groups in total. The zero-order valence-electron chi connectivity index (χ0n) is 8.94. The van der Waals surface area contributed by atoms with Crippen molar-refractivity contribution in [2.24, 2.45) is 0 Å². The molecule has 0 aromatic rings. The standard InChI is InChI=1S/C10H23NS/c1-5-7-11-8-6-9-12-10(2,3)4/h11H,5-9H2,1-4H3. The van der Waals surface area contributed by atoms with Gasteiger partial charge in [0.1, 0.15) is 0 Å². The van der Waals surface area contributed by atoms with Crippen LogP contribution >= 0.6 is 11.8 Å². The van der Waals surface area contributed by atoms with Gasteiger partial charge >= 0.3 is 0 Å². The molecule has 0 spiro atoms. The predicted molar refractivity (Wildman–Crippen MR) is 60.0 cm³/mol. The van der Waals surface area contributed by atoms with Crippen molar-refractivity contribution in [2.75, 3.05) is 18.8 Å². The van der Waals surface area contributed by atoms with Crippen LogP contribution in [0.4, 0.5) is 0 Å². The molecule has 2 heteroatoms. The van der Waals surface area contributed by atoms with Crippen LogP contribution in [0, 0.1) is 0 Å². The average molecular weight is 189 g/mol. The largest absolute Gasteiger partial charge is 0.317 e. The highest BCUT2D eigenvalue weighted by Crippen LogP contribution is 2.23. The van der Waals surface area contributed by atoms with Gasteiger partial charge in [0.25, 0.3) is 0 Å². The topological polar surface area (TPSA) is 12.0 Å². The smallest absolute Gasteiger partial charge is 0.00751 e. The van der Waals surface area contributed by atoms with Gasteiger partial charge < -0.3 is 5.32 Å². The van der Waals surface area contributed by atoms with Crippen LogP contribution in [-0.4, -0.2) is 23.6 Å². The van der Waals surface area contributed by atoms with Gasteiger partial charge in [0.05, 0.1) is 0 Å². The third-order valence-electron chi connectivity index (χ3n) is 1.46. The maximum atomic E-state index is 3.41. The Balaban J connectivity index is 3.01. The van der Waals surface area contributed by atoms with Crippen LogP contribution in [0.5, 0.6) is 0 Å². The molecule has 1 nitrogen and oxygen atoms in total. The van der Waals surface area contributed by atoms with E-state index < -0.39 is 0 Å². The van der Waals surface area contributed by atoms with Gasteiger partial charge in [-0.25, -0.2) is 0 Å². The summed E-state index contributed by atoms with van der Waals surface area (Å²) < 4.78 is 0.435. The first-order valence-electron chi connectivity index (χ1n) is 4.91. The van der Waals surface area contributed by atoms with Gasteiger partial charge in [-0.05, 0) is 31.7 Å².